The van der Waals surface area contributed by atoms with E-state index in [4.69, 9.17) is 5.26 Å². The molecule has 18 heavy (non-hydrogen) atoms. The monoisotopic (exact) mass is 245 g/mol. The van der Waals surface area contributed by atoms with E-state index in [0.717, 1.165) is 12.8 Å². The molecule has 1 aliphatic rings. The third-order valence-corrected chi connectivity index (χ3v) is 3.66. The van der Waals surface area contributed by atoms with Gasteiger partial charge < -0.3 is 10.4 Å². The highest BCUT2D eigenvalue weighted by atomic mass is 16.4. The Balaban J connectivity index is 2.13. The second-order valence-electron chi connectivity index (χ2n) is 4.86. The van der Waals surface area contributed by atoms with E-state index >= 15 is 0 Å². The lowest BCUT2D eigenvalue weighted by Crippen LogP contribution is -2.40. The second kappa shape index (κ2) is 4.65. The van der Waals surface area contributed by atoms with Crippen molar-refractivity contribution in [3.05, 3.63) is 23.9 Å². The number of carboxylic acid groups (broad SMARTS) is 1. The number of rotatable bonds is 3. The SMILES string of the molecule is CC1(C(=O)O)CCCC1Nc1ccc(C#N)cn1. The van der Waals surface area contributed by atoms with Gasteiger partial charge >= 0.3 is 5.97 Å². The Hall–Kier alpha value is -2.09. The van der Waals surface area contributed by atoms with Crippen LogP contribution in [0.1, 0.15) is 31.7 Å². The van der Waals surface area contributed by atoms with Crippen LogP contribution in [0.15, 0.2) is 18.3 Å². The molecule has 1 aromatic heterocycles. The van der Waals surface area contributed by atoms with E-state index in [9.17, 15) is 9.90 Å². The van der Waals surface area contributed by atoms with Gasteiger partial charge in [-0.25, -0.2) is 4.98 Å². The van der Waals surface area contributed by atoms with Crippen molar-refractivity contribution in [2.24, 2.45) is 5.41 Å². The molecule has 1 heterocycles. The largest absolute Gasteiger partial charge is 0.481 e. The van der Waals surface area contributed by atoms with Crippen LogP contribution in [0, 0.1) is 16.7 Å². The second-order valence-corrected chi connectivity index (χ2v) is 4.86. The van der Waals surface area contributed by atoms with Gasteiger partial charge in [0.1, 0.15) is 11.9 Å². The zero-order chi connectivity index (χ0) is 13.2. The molecule has 2 unspecified atom stereocenters. The molecule has 5 nitrogen and oxygen atoms in total. The molecule has 0 aliphatic heterocycles. The molecule has 1 aromatic rings. The lowest BCUT2D eigenvalue weighted by atomic mass is 9.85. The smallest absolute Gasteiger partial charge is 0.311 e. The first kappa shape index (κ1) is 12.4. The fraction of sp³-hybridized carbons (Fsp3) is 0.462. The minimum absolute atomic E-state index is 0.115. The average molecular weight is 245 g/mol. The van der Waals surface area contributed by atoms with Gasteiger partial charge in [0.15, 0.2) is 0 Å². The van der Waals surface area contributed by atoms with Crippen molar-refractivity contribution >= 4 is 11.8 Å². The van der Waals surface area contributed by atoms with Crippen LogP contribution in [-0.4, -0.2) is 22.1 Å². The summed E-state index contributed by atoms with van der Waals surface area (Å²) in [5.41, 5.74) is -0.247. The summed E-state index contributed by atoms with van der Waals surface area (Å²) in [6.07, 6.45) is 3.88. The minimum Gasteiger partial charge on any atom is -0.481 e. The van der Waals surface area contributed by atoms with Crippen LogP contribution in [0.25, 0.3) is 0 Å². The van der Waals surface area contributed by atoms with Gasteiger partial charge in [-0.2, -0.15) is 5.26 Å². The molecule has 1 fully saturated rings. The van der Waals surface area contributed by atoms with Crippen molar-refractivity contribution in [2.75, 3.05) is 5.32 Å². The van der Waals surface area contributed by atoms with Gasteiger partial charge in [0, 0.05) is 12.2 Å². The van der Waals surface area contributed by atoms with Crippen LogP contribution in [0.5, 0.6) is 0 Å². The average Bonchev–Trinajstić information content (AvgIpc) is 2.73. The van der Waals surface area contributed by atoms with Crippen LogP contribution in [0.4, 0.5) is 5.82 Å². The van der Waals surface area contributed by atoms with E-state index < -0.39 is 11.4 Å². The van der Waals surface area contributed by atoms with E-state index in [2.05, 4.69) is 10.3 Å². The Labute approximate surface area is 105 Å². The molecule has 94 valence electrons. The molecule has 1 aliphatic carbocycles. The number of pyridine rings is 1. The molecule has 0 bridgehead atoms. The molecule has 0 saturated heterocycles. The number of hydrogen-bond donors (Lipinski definition) is 2. The van der Waals surface area contributed by atoms with E-state index in [1.807, 2.05) is 6.07 Å². The first-order valence-electron chi connectivity index (χ1n) is 5.92. The van der Waals surface area contributed by atoms with Crippen LogP contribution in [-0.2, 0) is 4.79 Å². The standard InChI is InChI=1S/C13H15N3O2/c1-13(12(17)18)6-2-3-10(13)16-11-5-4-9(7-14)8-15-11/h4-5,8,10H,2-3,6H2,1H3,(H,15,16)(H,17,18). The van der Waals surface area contributed by atoms with Crippen LogP contribution < -0.4 is 5.32 Å². The Morgan fingerprint density at radius 3 is 3.00 bits per heavy atom. The van der Waals surface area contributed by atoms with Gasteiger partial charge in [0.2, 0.25) is 0 Å². The number of aliphatic carboxylic acids is 1. The van der Waals surface area contributed by atoms with E-state index in [-0.39, 0.29) is 6.04 Å². The summed E-state index contributed by atoms with van der Waals surface area (Å²) in [6.45, 7) is 1.77. The summed E-state index contributed by atoms with van der Waals surface area (Å²) < 4.78 is 0. The van der Waals surface area contributed by atoms with Gasteiger partial charge in [0.05, 0.1) is 11.0 Å². The van der Waals surface area contributed by atoms with Crippen molar-refractivity contribution in [3.8, 4) is 6.07 Å². The van der Waals surface area contributed by atoms with E-state index in [0.29, 0.717) is 17.8 Å². The van der Waals surface area contributed by atoms with E-state index in [1.54, 1.807) is 19.1 Å². The summed E-state index contributed by atoms with van der Waals surface area (Å²) in [5.74, 6) is -0.153. The Bertz CT molecular complexity index is 492. The summed E-state index contributed by atoms with van der Waals surface area (Å²) in [6, 6.07) is 5.26. The number of nitriles is 1. The molecule has 0 amide bonds. The number of nitrogens with one attached hydrogen (secondary N) is 1. The molecule has 0 radical (unpaired) electrons. The number of nitrogens with zero attached hydrogens (tertiary/aromatic N) is 2. The maximum absolute atomic E-state index is 11.3. The molecule has 5 heteroatoms. The zero-order valence-corrected chi connectivity index (χ0v) is 10.2. The highest BCUT2D eigenvalue weighted by Gasteiger charge is 2.45. The van der Waals surface area contributed by atoms with Crippen molar-refractivity contribution in [3.63, 3.8) is 0 Å². The molecule has 0 aromatic carbocycles. The lowest BCUT2D eigenvalue weighted by Gasteiger charge is -2.28. The predicted molar refractivity (Wildman–Crippen MR) is 66.0 cm³/mol. The molecule has 2 N–H and O–H groups in total. The van der Waals surface area contributed by atoms with Gasteiger partial charge in [-0.1, -0.05) is 6.42 Å². The number of carboxylic acids is 1. The van der Waals surface area contributed by atoms with Crippen LogP contribution in [0.2, 0.25) is 0 Å². The molecule has 2 atom stereocenters. The molecular formula is C13H15N3O2. The Morgan fingerprint density at radius 2 is 2.44 bits per heavy atom. The first-order chi connectivity index (χ1) is 8.56. The highest BCUT2D eigenvalue weighted by molar-refractivity contribution is 5.76. The summed E-state index contributed by atoms with van der Waals surface area (Å²) in [4.78, 5) is 15.4. The van der Waals surface area contributed by atoms with Crippen molar-refractivity contribution in [1.82, 2.24) is 4.98 Å². The van der Waals surface area contributed by atoms with Crippen molar-refractivity contribution in [1.29, 1.82) is 5.26 Å². The minimum atomic E-state index is -0.772. The summed E-state index contributed by atoms with van der Waals surface area (Å²) in [5, 5.41) is 21.1. The van der Waals surface area contributed by atoms with Crippen LogP contribution >= 0.6 is 0 Å². The topological polar surface area (TPSA) is 86.0 Å². The summed E-state index contributed by atoms with van der Waals surface area (Å²) >= 11 is 0. The third-order valence-electron chi connectivity index (χ3n) is 3.66. The molecule has 2 rings (SSSR count). The third kappa shape index (κ3) is 2.14. The maximum Gasteiger partial charge on any atom is 0.311 e. The molecule has 0 spiro atoms. The molecule has 1 saturated carbocycles. The van der Waals surface area contributed by atoms with Gasteiger partial charge in [0.25, 0.3) is 0 Å². The summed E-state index contributed by atoms with van der Waals surface area (Å²) in [7, 11) is 0. The predicted octanol–water partition coefficient (Wildman–Crippen LogP) is 2.01. The Kier molecular flexibility index (Phi) is 3.19. The van der Waals surface area contributed by atoms with Gasteiger partial charge in [-0.15, -0.1) is 0 Å². The number of aromatic nitrogens is 1. The zero-order valence-electron chi connectivity index (χ0n) is 10.2. The van der Waals surface area contributed by atoms with Gasteiger partial charge in [-0.05, 0) is 31.9 Å². The Morgan fingerprint density at radius 1 is 1.67 bits per heavy atom. The fourth-order valence-corrected chi connectivity index (χ4v) is 2.38. The quantitative estimate of drug-likeness (QED) is 0.850. The highest BCUT2D eigenvalue weighted by Crippen LogP contribution is 2.39. The normalized spacial score (nSPS) is 26.6. The van der Waals surface area contributed by atoms with E-state index in [1.165, 1.54) is 6.20 Å². The maximum atomic E-state index is 11.3. The number of carbonyl (C=O) groups is 1. The first-order valence-corrected chi connectivity index (χ1v) is 5.92. The number of hydrogen-bond acceptors (Lipinski definition) is 4. The van der Waals surface area contributed by atoms with Gasteiger partial charge in [-0.3, -0.25) is 4.79 Å². The fourth-order valence-electron chi connectivity index (χ4n) is 2.38. The number of anilines is 1. The van der Waals surface area contributed by atoms with Crippen molar-refractivity contribution in [2.45, 2.75) is 32.2 Å². The lowest BCUT2D eigenvalue weighted by molar-refractivity contribution is -0.147. The van der Waals surface area contributed by atoms with Crippen molar-refractivity contribution < 1.29 is 9.90 Å². The van der Waals surface area contributed by atoms with Crippen LogP contribution in [0.3, 0.4) is 0 Å². The molecular weight excluding hydrogens is 230 g/mol.